The SMILES string of the molecule is O=C(NC1CCCC1)[C@@H]1CCCN(c2c(-c3ccccc3)c3cc(Cl)ccc3[nH]c2=O)C1. The summed E-state index contributed by atoms with van der Waals surface area (Å²) < 4.78 is 0. The second-order valence-electron chi connectivity index (χ2n) is 9.01. The van der Waals surface area contributed by atoms with Gasteiger partial charge < -0.3 is 15.2 Å². The molecule has 2 heterocycles. The van der Waals surface area contributed by atoms with Crippen molar-refractivity contribution in [2.24, 2.45) is 5.92 Å². The Balaban J connectivity index is 1.55. The van der Waals surface area contributed by atoms with Crippen LogP contribution in [0.3, 0.4) is 0 Å². The highest BCUT2D eigenvalue weighted by Crippen LogP contribution is 2.37. The molecular formula is C26H28ClN3O2. The molecule has 2 aliphatic rings. The molecular weight excluding hydrogens is 422 g/mol. The zero-order valence-corrected chi connectivity index (χ0v) is 18.8. The average Bonchev–Trinajstić information content (AvgIpc) is 3.32. The molecule has 0 unspecified atom stereocenters. The number of aromatic amines is 1. The van der Waals surface area contributed by atoms with Crippen molar-refractivity contribution in [3.8, 4) is 11.1 Å². The lowest BCUT2D eigenvalue weighted by Crippen LogP contribution is -2.46. The third-order valence-corrected chi connectivity index (χ3v) is 7.06. The van der Waals surface area contributed by atoms with Gasteiger partial charge in [0.25, 0.3) is 5.56 Å². The van der Waals surface area contributed by atoms with Crippen LogP contribution in [0.25, 0.3) is 22.0 Å². The normalized spacial score (nSPS) is 19.4. The van der Waals surface area contributed by atoms with Crippen LogP contribution >= 0.6 is 11.6 Å². The maximum atomic E-state index is 13.3. The van der Waals surface area contributed by atoms with Crippen LogP contribution in [-0.2, 0) is 4.79 Å². The Morgan fingerprint density at radius 2 is 1.81 bits per heavy atom. The Morgan fingerprint density at radius 3 is 2.59 bits per heavy atom. The lowest BCUT2D eigenvalue weighted by atomic mass is 9.93. The van der Waals surface area contributed by atoms with Crippen molar-refractivity contribution in [1.29, 1.82) is 0 Å². The van der Waals surface area contributed by atoms with Gasteiger partial charge in [-0.3, -0.25) is 9.59 Å². The molecule has 3 aromatic rings. The number of pyridine rings is 1. The molecule has 1 amide bonds. The second kappa shape index (κ2) is 8.99. The van der Waals surface area contributed by atoms with E-state index in [-0.39, 0.29) is 17.4 Å². The van der Waals surface area contributed by atoms with Crippen LogP contribution in [0, 0.1) is 5.92 Å². The Hall–Kier alpha value is -2.79. The quantitative estimate of drug-likeness (QED) is 0.580. The third-order valence-electron chi connectivity index (χ3n) is 6.82. The molecule has 5 rings (SSSR count). The van der Waals surface area contributed by atoms with Crippen LogP contribution in [0.5, 0.6) is 0 Å². The summed E-state index contributed by atoms with van der Waals surface area (Å²) in [6, 6.07) is 15.8. The molecule has 32 heavy (non-hydrogen) atoms. The molecule has 1 aliphatic carbocycles. The molecule has 5 nitrogen and oxygen atoms in total. The molecule has 0 radical (unpaired) electrons. The van der Waals surface area contributed by atoms with Crippen molar-refractivity contribution in [3.63, 3.8) is 0 Å². The van der Waals surface area contributed by atoms with Gasteiger partial charge in [-0.1, -0.05) is 54.8 Å². The van der Waals surface area contributed by atoms with Crippen LogP contribution in [0.15, 0.2) is 53.3 Å². The Labute approximate surface area is 192 Å². The van der Waals surface area contributed by atoms with E-state index in [4.69, 9.17) is 11.6 Å². The number of rotatable bonds is 4. The maximum Gasteiger partial charge on any atom is 0.272 e. The highest BCUT2D eigenvalue weighted by molar-refractivity contribution is 6.31. The average molecular weight is 450 g/mol. The van der Waals surface area contributed by atoms with Crippen molar-refractivity contribution in [1.82, 2.24) is 10.3 Å². The van der Waals surface area contributed by atoms with Gasteiger partial charge >= 0.3 is 0 Å². The number of aromatic nitrogens is 1. The number of H-pyrrole nitrogens is 1. The summed E-state index contributed by atoms with van der Waals surface area (Å²) >= 11 is 6.34. The lowest BCUT2D eigenvalue weighted by molar-refractivity contribution is -0.125. The first-order valence-corrected chi connectivity index (χ1v) is 11.9. The molecule has 166 valence electrons. The number of carbonyl (C=O) groups is 1. The molecule has 2 aromatic carbocycles. The summed E-state index contributed by atoms with van der Waals surface area (Å²) in [4.78, 5) is 31.5. The van der Waals surface area contributed by atoms with E-state index in [1.165, 1.54) is 12.8 Å². The number of halogens is 1. The van der Waals surface area contributed by atoms with Gasteiger partial charge in [0, 0.05) is 40.6 Å². The highest BCUT2D eigenvalue weighted by Gasteiger charge is 2.31. The summed E-state index contributed by atoms with van der Waals surface area (Å²) in [5.74, 6) is 0.0190. The van der Waals surface area contributed by atoms with E-state index in [9.17, 15) is 9.59 Å². The second-order valence-corrected chi connectivity index (χ2v) is 9.45. The number of nitrogens with one attached hydrogen (secondary N) is 2. The minimum atomic E-state index is -0.129. The number of amides is 1. The number of hydrogen-bond acceptors (Lipinski definition) is 3. The standard InChI is InChI=1S/C26H28ClN3O2/c27-19-12-13-22-21(15-19)23(17-7-2-1-3-8-17)24(26(32)29-22)30-14-6-9-18(16-30)25(31)28-20-10-4-5-11-20/h1-3,7-8,12-13,15,18,20H,4-6,9-11,14,16H2,(H,28,31)(H,29,32)/t18-/m1/s1. The van der Waals surface area contributed by atoms with Gasteiger partial charge in [0.15, 0.2) is 0 Å². The fourth-order valence-electron chi connectivity index (χ4n) is 5.24. The fraction of sp³-hybridized carbons (Fsp3) is 0.385. The van der Waals surface area contributed by atoms with Crippen molar-refractivity contribution in [3.05, 3.63) is 63.9 Å². The van der Waals surface area contributed by atoms with Crippen molar-refractivity contribution in [2.75, 3.05) is 18.0 Å². The summed E-state index contributed by atoms with van der Waals surface area (Å²) in [6.45, 7) is 1.30. The number of benzene rings is 2. The lowest BCUT2D eigenvalue weighted by Gasteiger charge is -2.35. The summed E-state index contributed by atoms with van der Waals surface area (Å²) in [5, 5.41) is 4.79. The van der Waals surface area contributed by atoms with E-state index in [0.717, 1.165) is 54.3 Å². The number of fused-ring (bicyclic) bond motifs is 1. The van der Waals surface area contributed by atoms with Crippen LogP contribution in [-0.4, -0.2) is 30.0 Å². The largest absolute Gasteiger partial charge is 0.366 e. The Kier molecular flexibility index (Phi) is 5.92. The first kappa shape index (κ1) is 21.1. The predicted octanol–water partition coefficient (Wildman–Crippen LogP) is 5.12. The van der Waals surface area contributed by atoms with E-state index >= 15 is 0 Å². The minimum absolute atomic E-state index is 0.109. The third kappa shape index (κ3) is 4.14. The number of nitrogens with zero attached hydrogens (tertiary/aromatic N) is 1. The molecule has 1 saturated heterocycles. The van der Waals surface area contributed by atoms with Gasteiger partial charge in [0.1, 0.15) is 5.69 Å². The van der Waals surface area contributed by atoms with Crippen LogP contribution in [0.1, 0.15) is 38.5 Å². The number of hydrogen-bond donors (Lipinski definition) is 2. The first-order chi connectivity index (χ1) is 15.6. The molecule has 1 atom stereocenters. The smallest absolute Gasteiger partial charge is 0.272 e. The topological polar surface area (TPSA) is 65.2 Å². The first-order valence-electron chi connectivity index (χ1n) is 11.6. The van der Waals surface area contributed by atoms with Crippen LogP contribution < -0.4 is 15.8 Å². The van der Waals surface area contributed by atoms with Gasteiger partial charge in [-0.05, 0) is 49.4 Å². The molecule has 0 spiro atoms. The predicted molar refractivity (Wildman–Crippen MR) is 130 cm³/mol. The zero-order chi connectivity index (χ0) is 22.1. The van der Waals surface area contributed by atoms with Gasteiger partial charge in [0.2, 0.25) is 5.91 Å². The number of carbonyl (C=O) groups excluding carboxylic acids is 1. The van der Waals surface area contributed by atoms with E-state index in [0.29, 0.717) is 23.3 Å². The molecule has 6 heteroatoms. The molecule has 2 N–H and O–H groups in total. The van der Waals surface area contributed by atoms with E-state index < -0.39 is 0 Å². The van der Waals surface area contributed by atoms with E-state index in [1.807, 2.05) is 42.5 Å². The fourth-order valence-corrected chi connectivity index (χ4v) is 5.41. The number of anilines is 1. The summed E-state index contributed by atoms with van der Waals surface area (Å²) in [5.41, 5.74) is 3.11. The van der Waals surface area contributed by atoms with Gasteiger partial charge in [-0.25, -0.2) is 0 Å². The van der Waals surface area contributed by atoms with Gasteiger partial charge in [-0.2, -0.15) is 0 Å². The Bertz CT molecular complexity index is 1180. The molecule has 1 aliphatic heterocycles. The molecule has 1 saturated carbocycles. The van der Waals surface area contributed by atoms with E-state index in [1.54, 1.807) is 6.07 Å². The molecule has 2 fully saturated rings. The summed E-state index contributed by atoms with van der Waals surface area (Å²) in [7, 11) is 0. The highest BCUT2D eigenvalue weighted by atomic mass is 35.5. The van der Waals surface area contributed by atoms with E-state index in [2.05, 4.69) is 15.2 Å². The van der Waals surface area contributed by atoms with Crippen LogP contribution in [0.2, 0.25) is 5.02 Å². The minimum Gasteiger partial charge on any atom is -0.366 e. The van der Waals surface area contributed by atoms with Crippen molar-refractivity contribution < 1.29 is 4.79 Å². The summed E-state index contributed by atoms with van der Waals surface area (Å²) in [6.07, 6.45) is 6.27. The Morgan fingerprint density at radius 1 is 1.03 bits per heavy atom. The van der Waals surface area contributed by atoms with Gasteiger partial charge in [0.05, 0.1) is 5.92 Å². The monoisotopic (exact) mass is 449 g/mol. The molecule has 1 aromatic heterocycles. The van der Waals surface area contributed by atoms with Crippen LogP contribution in [0.4, 0.5) is 5.69 Å². The molecule has 0 bridgehead atoms. The zero-order valence-electron chi connectivity index (χ0n) is 18.1. The van der Waals surface area contributed by atoms with Crippen molar-refractivity contribution >= 4 is 34.1 Å². The van der Waals surface area contributed by atoms with Crippen molar-refractivity contribution in [2.45, 2.75) is 44.6 Å². The maximum absolute atomic E-state index is 13.3. The number of piperidine rings is 1. The van der Waals surface area contributed by atoms with Gasteiger partial charge in [-0.15, -0.1) is 0 Å².